The lowest BCUT2D eigenvalue weighted by Gasteiger charge is -2.08. The third-order valence-electron chi connectivity index (χ3n) is 1.72. The summed E-state index contributed by atoms with van der Waals surface area (Å²) < 4.78 is 13.9. The summed E-state index contributed by atoms with van der Waals surface area (Å²) in [7, 11) is 0. The van der Waals surface area contributed by atoms with Gasteiger partial charge in [-0.25, -0.2) is 4.39 Å². The molecule has 0 aliphatic carbocycles. The molecule has 1 rings (SSSR count). The summed E-state index contributed by atoms with van der Waals surface area (Å²) in [5.41, 5.74) is 6.02. The van der Waals surface area contributed by atoms with Crippen molar-refractivity contribution in [3.05, 3.63) is 34.1 Å². The van der Waals surface area contributed by atoms with Gasteiger partial charge in [0.15, 0.2) is 0 Å². The van der Waals surface area contributed by atoms with Crippen molar-refractivity contribution in [1.82, 2.24) is 0 Å². The lowest BCUT2D eigenvalue weighted by Crippen LogP contribution is -2.27. The second kappa shape index (κ2) is 6.35. The van der Waals surface area contributed by atoms with E-state index in [1.54, 1.807) is 12.1 Å². The molecule has 1 atom stereocenters. The van der Waals surface area contributed by atoms with Crippen LogP contribution in [-0.4, -0.2) is 17.8 Å². The van der Waals surface area contributed by atoms with Crippen LogP contribution in [0.5, 0.6) is 0 Å². The van der Waals surface area contributed by atoms with Crippen molar-refractivity contribution in [3.63, 3.8) is 0 Å². The van der Waals surface area contributed by atoms with Crippen LogP contribution >= 0.6 is 28.3 Å². The normalized spacial score (nSPS) is 12.0. The molecule has 0 bridgehead atoms. The van der Waals surface area contributed by atoms with Crippen LogP contribution in [0.4, 0.5) is 4.39 Å². The van der Waals surface area contributed by atoms with E-state index in [0.29, 0.717) is 12.0 Å². The average molecular weight is 285 g/mol. The topological polar surface area (TPSA) is 46.2 Å². The molecule has 0 saturated heterocycles. The Morgan fingerprint density at radius 1 is 1.50 bits per heavy atom. The van der Waals surface area contributed by atoms with Crippen LogP contribution in [0.15, 0.2) is 22.7 Å². The third-order valence-corrected chi connectivity index (χ3v) is 2.22. The third kappa shape index (κ3) is 3.92. The van der Waals surface area contributed by atoms with Gasteiger partial charge in [-0.15, -0.1) is 12.4 Å². The fraction of sp³-hybridized carbons (Fsp3) is 0.333. The fourth-order valence-electron chi connectivity index (χ4n) is 1.05. The highest BCUT2D eigenvalue weighted by Crippen LogP contribution is 2.16. The Morgan fingerprint density at radius 3 is 2.71 bits per heavy atom. The Morgan fingerprint density at radius 2 is 2.14 bits per heavy atom. The van der Waals surface area contributed by atoms with Crippen molar-refractivity contribution >= 4 is 28.3 Å². The zero-order chi connectivity index (χ0) is 9.84. The molecule has 0 aromatic heterocycles. The number of aliphatic hydroxyl groups is 1. The maximum atomic E-state index is 13.1. The van der Waals surface area contributed by atoms with Crippen molar-refractivity contribution in [2.24, 2.45) is 5.73 Å². The number of aliphatic hydroxyl groups excluding tert-OH is 1. The average Bonchev–Trinajstić information content (AvgIpc) is 2.11. The molecule has 0 aliphatic rings. The lowest BCUT2D eigenvalue weighted by atomic mass is 10.1. The van der Waals surface area contributed by atoms with E-state index in [1.165, 1.54) is 6.07 Å². The van der Waals surface area contributed by atoms with Crippen LogP contribution in [0.3, 0.4) is 0 Å². The molecule has 1 aromatic rings. The van der Waals surface area contributed by atoms with Crippen molar-refractivity contribution in [1.29, 1.82) is 0 Å². The van der Waals surface area contributed by atoms with Gasteiger partial charge in [0.2, 0.25) is 0 Å². The standard InChI is InChI=1S/C9H11BrFNO.ClH/c10-7-1-2-9(11)6(3-7)4-8(12)5-13;/h1-3,8,13H,4-5,12H2;1H. The molecule has 1 aromatic carbocycles. The molecular formula is C9H12BrClFNO. The van der Waals surface area contributed by atoms with E-state index in [1.807, 2.05) is 0 Å². The summed E-state index contributed by atoms with van der Waals surface area (Å²) in [4.78, 5) is 0. The Balaban J connectivity index is 0.00000169. The minimum atomic E-state index is -0.399. The van der Waals surface area contributed by atoms with Gasteiger partial charge >= 0.3 is 0 Å². The van der Waals surface area contributed by atoms with Gasteiger partial charge in [0.1, 0.15) is 5.82 Å². The molecule has 0 fully saturated rings. The van der Waals surface area contributed by atoms with Crippen LogP contribution in [0.25, 0.3) is 0 Å². The van der Waals surface area contributed by atoms with Crippen LogP contribution in [0, 0.1) is 5.82 Å². The smallest absolute Gasteiger partial charge is 0.126 e. The highest BCUT2D eigenvalue weighted by molar-refractivity contribution is 9.10. The minimum Gasteiger partial charge on any atom is -0.395 e. The summed E-state index contributed by atoms with van der Waals surface area (Å²) in [6.07, 6.45) is 0.349. The molecule has 80 valence electrons. The Hall–Kier alpha value is -0.160. The van der Waals surface area contributed by atoms with Gasteiger partial charge in [-0.05, 0) is 30.2 Å². The molecule has 14 heavy (non-hydrogen) atoms. The number of rotatable bonds is 3. The quantitative estimate of drug-likeness (QED) is 0.890. The van der Waals surface area contributed by atoms with E-state index in [0.717, 1.165) is 4.47 Å². The first-order chi connectivity index (χ1) is 6.13. The predicted octanol–water partition coefficient (Wildman–Crippen LogP) is 1.87. The van der Waals surface area contributed by atoms with E-state index in [4.69, 9.17) is 10.8 Å². The van der Waals surface area contributed by atoms with E-state index >= 15 is 0 Å². The number of halogens is 3. The maximum absolute atomic E-state index is 13.1. The van der Waals surface area contributed by atoms with E-state index in [2.05, 4.69) is 15.9 Å². The van der Waals surface area contributed by atoms with Gasteiger partial charge < -0.3 is 10.8 Å². The van der Waals surface area contributed by atoms with E-state index < -0.39 is 6.04 Å². The van der Waals surface area contributed by atoms with Crippen LogP contribution in [0.2, 0.25) is 0 Å². The first-order valence-corrected chi connectivity index (χ1v) is 4.73. The first-order valence-electron chi connectivity index (χ1n) is 3.94. The van der Waals surface area contributed by atoms with Gasteiger partial charge in [-0.2, -0.15) is 0 Å². The number of nitrogens with two attached hydrogens (primary N) is 1. The van der Waals surface area contributed by atoms with Crippen molar-refractivity contribution in [3.8, 4) is 0 Å². The Labute approximate surface area is 96.8 Å². The summed E-state index contributed by atoms with van der Waals surface area (Å²) in [5, 5.41) is 8.70. The molecule has 0 radical (unpaired) electrons. The van der Waals surface area contributed by atoms with Crippen molar-refractivity contribution < 1.29 is 9.50 Å². The molecule has 0 aliphatic heterocycles. The predicted molar refractivity (Wildman–Crippen MR) is 60.1 cm³/mol. The van der Waals surface area contributed by atoms with Gasteiger partial charge in [-0.3, -0.25) is 0 Å². The largest absolute Gasteiger partial charge is 0.395 e. The van der Waals surface area contributed by atoms with Gasteiger partial charge in [0.25, 0.3) is 0 Å². The van der Waals surface area contributed by atoms with Crippen LogP contribution in [-0.2, 0) is 6.42 Å². The highest BCUT2D eigenvalue weighted by atomic mass is 79.9. The van der Waals surface area contributed by atoms with Gasteiger partial charge in [-0.1, -0.05) is 15.9 Å². The van der Waals surface area contributed by atoms with Crippen LogP contribution in [0.1, 0.15) is 5.56 Å². The molecule has 0 saturated carbocycles. The van der Waals surface area contributed by atoms with Crippen molar-refractivity contribution in [2.45, 2.75) is 12.5 Å². The molecular weight excluding hydrogens is 272 g/mol. The number of hydrogen-bond acceptors (Lipinski definition) is 2. The summed E-state index contributed by atoms with van der Waals surface area (Å²) in [6.45, 7) is -0.133. The molecule has 2 nitrogen and oxygen atoms in total. The van der Waals surface area contributed by atoms with Crippen molar-refractivity contribution in [2.75, 3.05) is 6.61 Å². The molecule has 3 N–H and O–H groups in total. The zero-order valence-electron chi connectivity index (χ0n) is 7.41. The Kier molecular flexibility index (Phi) is 6.27. The first kappa shape index (κ1) is 13.8. The maximum Gasteiger partial charge on any atom is 0.126 e. The molecule has 5 heteroatoms. The van der Waals surface area contributed by atoms with E-state index in [-0.39, 0.29) is 24.8 Å². The zero-order valence-corrected chi connectivity index (χ0v) is 9.81. The summed E-state index contributed by atoms with van der Waals surface area (Å²) in [6, 6.07) is 4.28. The fourth-order valence-corrected chi connectivity index (χ4v) is 1.46. The number of benzene rings is 1. The second-order valence-electron chi connectivity index (χ2n) is 2.88. The summed E-state index contributed by atoms with van der Waals surface area (Å²) in [5.74, 6) is -0.285. The molecule has 0 spiro atoms. The van der Waals surface area contributed by atoms with Gasteiger partial charge in [0.05, 0.1) is 6.61 Å². The minimum absolute atomic E-state index is 0. The monoisotopic (exact) mass is 283 g/mol. The molecule has 0 amide bonds. The molecule has 1 unspecified atom stereocenters. The Bertz CT molecular complexity index is 298. The SMILES string of the molecule is Cl.NC(CO)Cc1cc(Br)ccc1F. The lowest BCUT2D eigenvalue weighted by molar-refractivity contribution is 0.264. The summed E-state index contributed by atoms with van der Waals surface area (Å²) >= 11 is 3.24. The number of hydrogen-bond donors (Lipinski definition) is 2. The van der Waals surface area contributed by atoms with Crippen LogP contribution < -0.4 is 5.73 Å². The highest BCUT2D eigenvalue weighted by Gasteiger charge is 2.07. The van der Waals surface area contributed by atoms with Gasteiger partial charge in [0, 0.05) is 10.5 Å². The molecule has 0 heterocycles. The second-order valence-corrected chi connectivity index (χ2v) is 3.80. The van der Waals surface area contributed by atoms with E-state index in [9.17, 15) is 4.39 Å².